The third-order valence-corrected chi connectivity index (χ3v) is 4.47. The standard InChI is InChI=1S/2C5H8N2O2.2C5H10N2O2/c1-7(6-9)5(8)4-2-3-4;1-4(8)7(6-9)5-2-3-5;1-4(2)7(6-9)5(3)8;1-3-4-7(6-9)5(2)8/h4H,2-3H2,1H3;5H,2-3H2,1H3;4H,1-3H3;3-4H2,1-2H3. The monoisotopic (exact) mass is 516 g/mol. The molecule has 0 atom stereocenters. The third kappa shape index (κ3) is 15.2. The molecule has 0 aromatic heterocycles. The minimum atomic E-state index is -0.319. The highest BCUT2D eigenvalue weighted by molar-refractivity contribution is 5.80. The Hall–Kier alpha value is -3.72. The highest BCUT2D eigenvalue weighted by atomic mass is 16.3. The van der Waals surface area contributed by atoms with E-state index in [0.717, 1.165) is 52.1 Å². The number of nitroso groups, excluding NO2 is 4. The SMILES string of the molecule is CC(=O)N(N=O)C(C)C.CC(=O)N(N=O)C1CC1.CCCN(N=O)C(C)=O.CN(N=O)C(=O)C1CC1. The summed E-state index contributed by atoms with van der Waals surface area (Å²) in [6, 6.07) is -0.0278. The van der Waals surface area contributed by atoms with Crippen molar-refractivity contribution in [2.45, 2.75) is 85.7 Å². The van der Waals surface area contributed by atoms with E-state index >= 15 is 0 Å². The zero-order chi connectivity index (χ0) is 28.4. The van der Waals surface area contributed by atoms with Crippen LogP contribution in [0.5, 0.6) is 0 Å². The first kappa shape index (κ1) is 34.4. The summed E-state index contributed by atoms with van der Waals surface area (Å²) in [6.07, 6.45) is 4.43. The van der Waals surface area contributed by atoms with E-state index in [1.807, 2.05) is 6.92 Å². The summed E-state index contributed by atoms with van der Waals surface area (Å²) in [4.78, 5) is 81.4. The fourth-order valence-electron chi connectivity index (χ4n) is 2.32. The molecule has 0 spiro atoms. The van der Waals surface area contributed by atoms with Crippen LogP contribution in [0.2, 0.25) is 0 Å². The van der Waals surface area contributed by atoms with Crippen LogP contribution in [0.1, 0.15) is 73.6 Å². The zero-order valence-electron chi connectivity index (χ0n) is 21.8. The molecule has 0 bridgehead atoms. The number of rotatable bonds is 9. The first-order chi connectivity index (χ1) is 16.8. The maximum atomic E-state index is 10.8. The van der Waals surface area contributed by atoms with Gasteiger partial charge in [0.15, 0.2) is 0 Å². The lowest BCUT2D eigenvalue weighted by Crippen LogP contribution is -2.29. The predicted octanol–water partition coefficient (Wildman–Crippen LogP) is 3.07. The van der Waals surface area contributed by atoms with Crippen molar-refractivity contribution in [1.82, 2.24) is 20.0 Å². The molecule has 2 aliphatic carbocycles. The average molecular weight is 517 g/mol. The van der Waals surface area contributed by atoms with Gasteiger partial charge in [-0.25, -0.2) is 0 Å². The first-order valence-electron chi connectivity index (χ1n) is 11.3. The van der Waals surface area contributed by atoms with Crippen LogP contribution in [0.3, 0.4) is 0 Å². The van der Waals surface area contributed by atoms with Crippen LogP contribution in [0.4, 0.5) is 0 Å². The quantitative estimate of drug-likeness (QED) is 0.328. The second-order valence-corrected chi connectivity index (χ2v) is 8.16. The molecule has 36 heavy (non-hydrogen) atoms. The second-order valence-electron chi connectivity index (χ2n) is 8.16. The largest absolute Gasteiger partial charge is 0.273 e. The van der Waals surface area contributed by atoms with Crippen molar-refractivity contribution in [2.75, 3.05) is 13.6 Å². The summed E-state index contributed by atoms with van der Waals surface area (Å²) < 4.78 is 0. The molecule has 204 valence electrons. The molecule has 16 heteroatoms. The van der Waals surface area contributed by atoms with Crippen molar-refractivity contribution in [3.05, 3.63) is 19.6 Å². The Morgan fingerprint density at radius 3 is 1.44 bits per heavy atom. The summed E-state index contributed by atoms with van der Waals surface area (Å²) in [6.45, 7) is 9.71. The maximum Gasteiger partial charge on any atom is 0.248 e. The van der Waals surface area contributed by atoms with Crippen LogP contribution in [0, 0.1) is 25.5 Å². The molecule has 2 rings (SSSR count). The van der Waals surface area contributed by atoms with Gasteiger partial charge in [-0.15, -0.1) is 19.6 Å². The lowest BCUT2D eigenvalue weighted by Gasteiger charge is -2.13. The van der Waals surface area contributed by atoms with Gasteiger partial charge in [0, 0.05) is 40.3 Å². The summed E-state index contributed by atoms with van der Waals surface area (Å²) in [5, 5.41) is 13.7. The first-order valence-corrected chi connectivity index (χ1v) is 11.3. The van der Waals surface area contributed by atoms with Crippen molar-refractivity contribution in [3.8, 4) is 0 Å². The summed E-state index contributed by atoms with van der Waals surface area (Å²) in [7, 11) is 1.38. The molecule has 0 aromatic rings. The number of carbonyl (C=O) groups is 4. The van der Waals surface area contributed by atoms with Gasteiger partial charge in [0.05, 0.1) is 33.2 Å². The lowest BCUT2D eigenvalue weighted by molar-refractivity contribution is -0.131. The van der Waals surface area contributed by atoms with E-state index in [2.05, 4.69) is 21.1 Å². The summed E-state index contributed by atoms with van der Waals surface area (Å²) >= 11 is 0. The number of nitrogens with zero attached hydrogens (tertiary/aromatic N) is 8. The van der Waals surface area contributed by atoms with Gasteiger partial charge < -0.3 is 0 Å². The van der Waals surface area contributed by atoms with Crippen molar-refractivity contribution >= 4 is 23.6 Å². The van der Waals surface area contributed by atoms with Gasteiger partial charge in [0.25, 0.3) is 0 Å². The van der Waals surface area contributed by atoms with Crippen LogP contribution in [-0.4, -0.2) is 69.3 Å². The molecule has 0 saturated heterocycles. The fraction of sp³-hybridized carbons (Fsp3) is 0.800. The van der Waals surface area contributed by atoms with E-state index in [9.17, 15) is 38.8 Å². The highest BCUT2D eigenvalue weighted by Crippen LogP contribution is 2.30. The molecule has 0 heterocycles. The molecule has 2 aliphatic rings. The molecule has 2 saturated carbocycles. The number of amides is 4. The lowest BCUT2D eigenvalue weighted by atomic mass is 10.4. The molecule has 16 nitrogen and oxygen atoms in total. The smallest absolute Gasteiger partial charge is 0.248 e. The van der Waals surface area contributed by atoms with Gasteiger partial charge in [0.1, 0.15) is 0 Å². The van der Waals surface area contributed by atoms with Crippen molar-refractivity contribution in [2.24, 2.45) is 27.1 Å². The predicted molar refractivity (Wildman–Crippen MR) is 130 cm³/mol. The highest BCUT2D eigenvalue weighted by Gasteiger charge is 2.32. The molecular formula is C20H36N8O8. The number of hydrogen-bond acceptors (Lipinski definition) is 12. The second kappa shape index (κ2) is 18.6. The summed E-state index contributed by atoms with van der Waals surface area (Å²) in [5.41, 5.74) is 0. The van der Waals surface area contributed by atoms with E-state index in [1.54, 1.807) is 13.8 Å². The molecule has 0 aromatic carbocycles. The Kier molecular flexibility index (Phi) is 17.8. The fourth-order valence-corrected chi connectivity index (χ4v) is 2.32. The van der Waals surface area contributed by atoms with E-state index in [0.29, 0.717) is 6.54 Å². The Balaban J connectivity index is 0. The molecule has 2 fully saturated rings. The number of carbonyl (C=O) groups excluding carboxylic acids is 4. The Morgan fingerprint density at radius 2 is 1.31 bits per heavy atom. The minimum Gasteiger partial charge on any atom is -0.273 e. The molecule has 0 unspecified atom stereocenters. The zero-order valence-corrected chi connectivity index (χ0v) is 21.8. The molecule has 0 radical (unpaired) electrons. The van der Waals surface area contributed by atoms with Crippen LogP contribution >= 0.6 is 0 Å². The van der Waals surface area contributed by atoms with Gasteiger partial charge in [-0.3, -0.25) is 19.2 Å². The van der Waals surface area contributed by atoms with Crippen molar-refractivity contribution in [3.63, 3.8) is 0 Å². The van der Waals surface area contributed by atoms with Crippen LogP contribution < -0.4 is 0 Å². The summed E-state index contributed by atoms with van der Waals surface area (Å²) in [5.74, 6) is -0.933. The van der Waals surface area contributed by atoms with Crippen LogP contribution in [-0.2, 0) is 19.2 Å². The normalized spacial score (nSPS) is 13.0. The molecule has 0 N–H and O–H groups in total. The molecular weight excluding hydrogens is 480 g/mol. The van der Waals surface area contributed by atoms with E-state index < -0.39 is 0 Å². The Morgan fingerprint density at radius 1 is 0.778 bits per heavy atom. The van der Waals surface area contributed by atoms with E-state index in [-0.39, 0.29) is 41.6 Å². The van der Waals surface area contributed by atoms with Gasteiger partial charge in [0.2, 0.25) is 23.6 Å². The van der Waals surface area contributed by atoms with Gasteiger partial charge in [-0.2, -0.15) is 20.0 Å². The van der Waals surface area contributed by atoms with Crippen LogP contribution in [0.25, 0.3) is 0 Å². The Labute approximate surface area is 209 Å². The van der Waals surface area contributed by atoms with Crippen molar-refractivity contribution in [1.29, 1.82) is 0 Å². The average Bonchev–Trinajstić information content (AvgIpc) is 3.71. The Bertz CT molecular complexity index is 747. The van der Waals surface area contributed by atoms with Gasteiger partial charge >= 0.3 is 0 Å². The van der Waals surface area contributed by atoms with Crippen LogP contribution in [0.15, 0.2) is 21.1 Å². The maximum absolute atomic E-state index is 10.8. The minimum absolute atomic E-state index is 0.0905. The third-order valence-electron chi connectivity index (χ3n) is 4.47. The van der Waals surface area contributed by atoms with E-state index in [1.165, 1.54) is 27.8 Å². The van der Waals surface area contributed by atoms with Crippen molar-refractivity contribution < 1.29 is 19.2 Å². The molecule has 4 amide bonds. The number of hydrogen-bond donors (Lipinski definition) is 0. The topological polar surface area (TPSA) is 199 Å². The van der Waals surface area contributed by atoms with Gasteiger partial charge in [-0.1, -0.05) is 6.92 Å². The van der Waals surface area contributed by atoms with E-state index in [4.69, 9.17) is 0 Å². The molecule has 0 aliphatic heterocycles. The van der Waals surface area contributed by atoms with Gasteiger partial charge in [-0.05, 0) is 46.0 Å².